The fourth-order valence-corrected chi connectivity index (χ4v) is 2.84. The lowest BCUT2D eigenvalue weighted by Crippen LogP contribution is -2.31. The largest absolute Gasteiger partial charge is 0.497 e. The lowest BCUT2D eigenvalue weighted by Gasteiger charge is -2.14. The number of carbonyl (C=O) groups is 2. The highest BCUT2D eigenvalue weighted by Gasteiger charge is 2.20. The molecule has 1 amide bonds. The van der Waals surface area contributed by atoms with E-state index in [4.69, 9.17) is 4.74 Å². The summed E-state index contributed by atoms with van der Waals surface area (Å²) < 4.78 is 5.15. The molecule has 0 fully saturated rings. The van der Waals surface area contributed by atoms with Gasteiger partial charge in [0.15, 0.2) is 0 Å². The van der Waals surface area contributed by atoms with E-state index in [1.165, 1.54) is 6.20 Å². The van der Waals surface area contributed by atoms with E-state index in [0.717, 1.165) is 16.9 Å². The third kappa shape index (κ3) is 4.54. The predicted octanol–water partition coefficient (Wildman–Crippen LogP) is 3.36. The summed E-state index contributed by atoms with van der Waals surface area (Å²) >= 11 is 0. The van der Waals surface area contributed by atoms with Crippen LogP contribution in [0.4, 0.5) is 0 Å². The Hall–Kier alpha value is -3.67. The number of aliphatic carboxylic acids is 1. The van der Waals surface area contributed by atoms with Crippen molar-refractivity contribution in [3.63, 3.8) is 0 Å². The molecule has 1 unspecified atom stereocenters. The van der Waals surface area contributed by atoms with Crippen molar-refractivity contribution in [3.05, 3.63) is 84.2 Å². The van der Waals surface area contributed by atoms with Crippen molar-refractivity contribution in [1.82, 2.24) is 10.3 Å². The summed E-state index contributed by atoms with van der Waals surface area (Å²) in [5.41, 5.74) is 2.69. The molecule has 0 aliphatic rings. The molecule has 1 aromatic heterocycles. The normalized spacial score (nSPS) is 11.5. The highest BCUT2D eigenvalue weighted by Crippen LogP contribution is 2.22. The summed E-state index contributed by atoms with van der Waals surface area (Å²) in [7, 11) is 1.60. The van der Waals surface area contributed by atoms with Crippen molar-refractivity contribution >= 4 is 11.9 Å². The van der Waals surface area contributed by atoms with E-state index >= 15 is 0 Å². The zero-order valence-corrected chi connectivity index (χ0v) is 15.3. The second kappa shape index (κ2) is 8.81. The van der Waals surface area contributed by atoms with Crippen LogP contribution in [0.25, 0.3) is 11.1 Å². The van der Waals surface area contributed by atoms with Crippen molar-refractivity contribution in [1.29, 1.82) is 0 Å². The summed E-state index contributed by atoms with van der Waals surface area (Å²) in [4.78, 5) is 28.2. The van der Waals surface area contributed by atoms with Crippen molar-refractivity contribution in [3.8, 4) is 16.9 Å². The lowest BCUT2D eigenvalue weighted by molar-refractivity contribution is -0.138. The van der Waals surface area contributed by atoms with Gasteiger partial charge in [-0.25, -0.2) is 0 Å². The van der Waals surface area contributed by atoms with Crippen LogP contribution in [0.3, 0.4) is 0 Å². The van der Waals surface area contributed by atoms with Crippen LogP contribution in [0.2, 0.25) is 0 Å². The average Bonchev–Trinajstić information content (AvgIpc) is 2.74. The lowest BCUT2D eigenvalue weighted by atomic mass is 9.99. The number of carboxylic acids is 1. The standard InChI is InChI=1S/C22H20N2O4/c1-28-19-9-7-15(8-10-19)17-11-18(13-23-12-17)21(25)24-14-20(22(26)27)16-5-3-2-4-6-16/h2-13,20H,14H2,1H3,(H,24,25)(H,26,27). The Morgan fingerprint density at radius 2 is 1.75 bits per heavy atom. The maximum atomic E-state index is 12.5. The van der Waals surface area contributed by atoms with Crippen LogP contribution >= 0.6 is 0 Å². The SMILES string of the molecule is COc1ccc(-c2cncc(C(=O)NCC(C(=O)O)c3ccccc3)c2)cc1. The zero-order valence-electron chi connectivity index (χ0n) is 15.3. The molecule has 0 radical (unpaired) electrons. The first-order chi connectivity index (χ1) is 13.6. The number of nitrogens with zero attached hydrogens (tertiary/aromatic N) is 1. The summed E-state index contributed by atoms with van der Waals surface area (Å²) in [5.74, 6) is -1.43. The minimum atomic E-state index is -0.989. The number of hydrogen-bond acceptors (Lipinski definition) is 4. The maximum absolute atomic E-state index is 12.5. The van der Waals surface area contributed by atoms with Gasteiger partial charge in [-0.3, -0.25) is 14.6 Å². The van der Waals surface area contributed by atoms with Crippen LogP contribution in [-0.2, 0) is 4.79 Å². The molecule has 0 spiro atoms. The van der Waals surface area contributed by atoms with Crippen LogP contribution in [-0.4, -0.2) is 35.6 Å². The molecule has 142 valence electrons. The molecular formula is C22H20N2O4. The minimum absolute atomic E-state index is 0.00898. The van der Waals surface area contributed by atoms with Gasteiger partial charge < -0.3 is 15.2 Å². The molecule has 2 N–H and O–H groups in total. The van der Waals surface area contributed by atoms with Crippen LogP contribution in [0, 0.1) is 0 Å². The zero-order chi connectivity index (χ0) is 19.9. The number of aromatic nitrogens is 1. The molecule has 2 aromatic carbocycles. The number of hydrogen-bond donors (Lipinski definition) is 2. The van der Waals surface area contributed by atoms with E-state index in [2.05, 4.69) is 10.3 Å². The highest BCUT2D eigenvalue weighted by molar-refractivity contribution is 5.95. The quantitative estimate of drug-likeness (QED) is 0.660. The number of amides is 1. The van der Waals surface area contributed by atoms with E-state index in [1.807, 2.05) is 30.3 Å². The number of benzene rings is 2. The summed E-state index contributed by atoms with van der Waals surface area (Å²) in [6, 6.07) is 18.0. The Labute approximate surface area is 162 Å². The second-order valence-electron chi connectivity index (χ2n) is 6.20. The number of carboxylic acid groups (broad SMARTS) is 1. The van der Waals surface area contributed by atoms with Crippen molar-refractivity contribution in [2.24, 2.45) is 0 Å². The fraction of sp³-hybridized carbons (Fsp3) is 0.136. The highest BCUT2D eigenvalue weighted by atomic mass is 16.5. The van der Waals surface area contributed by atoms with Gasteiger partial charge in [-0.1, -0.05) is 42.5 Å². The van der Waals surface area contributed by atoms with Gasteiger partial charge in [0.25, 0.3) is 5.91 Å². The Morgan fingerprint density at radius 3 is 2.39 bits per heavy atom. The first-order valence-electron chi connectivity index (χ1n) is 8.74. The molecule has 0 saturated carbocycles. The maximum Gasteiger partial charge on any atom is 0.312 e. The molecule has 3 aromatic rings. The van der Waals surface area contributed by atoms with E-state index in [-0.39, 0.29) is 12.5 Å². The minimum Gasteiger partial charge on any atom is -0.497 e. The summed E-state index contributed by atoms with van der Waals surface area (Å²) in [6.45, 7) is -0.00898. The molecule has 1 heterocycles. The van der Waals surface area contributed by atoms with Gasteiger partial charge in [-0.2, -0.15) is 0 Å². The fourth-order valence-electron chi connectivity index (χ4n) is 2.84. The van der Waals surface area contributed by atoms with Crippen LogP contribution in [0.5, 0.6) is 5.75 Å². The number of methoxy groups -OCH3 is 1. The predicted molar refractivity (Wildman–Crippen MR) is 105 cm³/mol. The molecule has 0 aliphatic carbocycles. The van der Waals surface area contributed by atoms with Gasteiger partial charge in [0.2, 0.25) is 0 Å². The number of rotatable bonds is 7. The third-order valence-corrected chi connectivity index (χ3v) is 4.39. The molecule has 0 aliphatic heterocycles. The van der Waals surface area contributed by atoms with Crippen molar-refractivity contribution < 1.29 is 19.4 Å². The van der Waals surface area contributed by atoms with Gasteiger partial charge in [-0.15, -0.1) is 0 Å². The molecule has 1 atom stereocenters. The van der Waals surface area contributed by atoms with Gasteiger partial charge in [0.05, 0.1) is 18.6 Å². The van der Waals surface area contributed by atoms with Crippen LogP contribution in [0.1, 0.15) is 21.8 Å². The molecule has 3 rings (SSSR count). The Bertz CT molecular complexity index is 956. The van der Waals surface area contributed by atoms with Gasteiger partial charge in [0.1, 0.15) is 5.75 Å². The Kier molecular flexibility index (Phi) is 6.01. The smallest absolute Gasteiger partial charge is 0.312 e. The first kappa shape index (κ1) is 19.1. The molecular weight excluding hydrogens is 356 g/mol. The molecule has 0 bridgehead atoms. The number of ether oxygens (including phenoxy) is 1. The van der Waals surface area contributed by atoms with E-state index in [9.17, 15) is 14.7 Å². The number of carbonyl (C=O) groups excluding carboxylic acids is 1. The summed E-state index contributed by atoms with van der Waals surface area (Å²) in [5, 5.41) is 12.2. The molecule has 28 heavy (non-hydrogen) atoms. The van der Waals surface area contributed by atoms with Crippen molar-refractivity contribution in [2.45, 2.75) is 5.92 Å². The van der Waals surface area contributed by atoms with Crippen LogP contribution in [0.15, 0.2) is 73.1 Å². The Balaban J connectivity index is 1.72. The van der Waals surface area contributed by atoms with Crippen molar-refractivity contribution in [2.75, 3.05) is 13.7 Å². The molecule has 0 saturated heterocycles. The first-order valence-corrected chi connectivity index (χ1v) is 8.74. The van der Waals surface area contributed by atoms with Gasteiger partial charge in [-0.05, 0) is 29.3 Å². The van der Waals surface area contributed by atoms with Crippen LogP contribution < -0.4 is 10.1 Å². The van der Waals surface area contributed by atoms with E-state index in [0.29, 0.717) is 11.1 Å². The van der Waals surface area contributed by atoms with Gasteiger partial charge in [0, 0.05) is 24.5 Å². The molecule has 6 heteroatoms. The number of pyridine rings is 1. The van der Waals surface area contributed by atoms with E-state index < -0.39 is 11.9 Å². The second-order valence-corrected chi connectivity index (χ2v) is 6.20. The third-order valence-electron chi connectivity index (χ3n) is 4.39. The van der Waals surface area contributed by atoms with Gasteiger partial charge >= 0.3 is 5.97 Å². The monoisotopic (exact) mass is 376 g/mol. The topological polar surface area (TPSA) is 88.5 Å². The molecule has 6 nitrogen and oxygen atoms in total. The number of nitrogens with one attached hydrogen (secondary N) is 1. The Morgan fingerprint density at radius 1 is 1.04 bits per heavy atom. The average molecular weight is 376 g/mol. The van der Waals surface area contributed by atoms with E-state index in [1.54, 1.807) is 43.6 Å². The summed E-state index contributed by atoms with van der Waals surface area (Å²) in [6.07, 6.45) is 3.13.